The van der Waals surface area contributed by atoms with Crippen LogP contribution in [0.25, 0.3) is 0 Å². The highest BCUT2D eigenvalue weighted by Gasteiger charge is 2.13. The van der Waals surface area contributed by atoms with Gasteiger partial charge in [0.2, 0.25) is 0 Å². The lowest BCUT2D eigenvalue weighted by atomic mass is 10.0. The Morgan fingerprint density at radius 2 is 1.69 bits per heavy atom. The number of ether oxygens (including phenoxy) is 2. The monoisotopic (exact) mass is 355 g/mol. The van der Waals surface area contributed by atoms with Crippen LogP contribution >= 0.6 is 0 Å². The molecule has 0 aliphatic heterocycles. The summed E-state index contributed by atoms with van der Waals surface area (Å²) in [5.41, 5.74) is 6.69. The highest BCUT2D eigenvalue weighted by Crippen LogP contribution is 2.28. The lowest BCUT2D eigenvalue weighted by Crippen LogP contribution is -2.14. The molecule has 26 heavy (non-hydrogen) atoms. The summed E-state index contributed by atoms with van der Waals surface area (Å²) < 4.78 is 10.9. The molecule has 140 valence electrons. The molecule has 0 saturated carbocycles. The fraction of sp³-hybridized carbons (Fsp3) is 0.409. The fourth-order valence-corrected chi connectivity index (χ4v) is 3.13. The molecule has 4 nitrogen and oxygen atoms in total. The van der Waals surface area contributed by atoms with Crippen molar-refractivity contribution >= 4 is 11.8 Å². The molecule has 1 amide bonds. The van der Waals surface area contributed by atoms with Crippen LogP contribution in [0.3, 0.4) is 0 Å². The maximum absolute atomic E-state index is 11.6. The third-order valence-corrected chi connectivity index (χ3v) is 4.73. The van der Waals surface area contributed by atoms with Gasteiger partial charge in [-0.1, -0.05) is 39.0 Å². The van der Waals surface area contributed by atoms with Crippen molar-refractivity contribution in [3.05, 3.63) is 58.1 Å². The Bertz CT molecular complexity index is 768. The van der Waals surface area contributed by atoms with Crippen LogP contribution in [-0.2, 0) is 30.6 Å². The second-order valence-corrected chi connectivity index (χ2v) is 6.30. The quantitative estimate of drug-likeness (QED) is 0.719. The van der Waals surface area contributed by atoms with E-state index in [2.05, 4.69) is 51.2 Å². The molecule has 4 heteroatoms. The third-order valence-electron chi connectivity index (χ3n) is 4.73. The zero-order valence-electron chi connectivity index (χ0n) is 16.4. The highest BCUT2D eigenvalue weighted by atomic mass is 16.5. The zero-order chi connectivity index (χ0) is 19.1. The Balaban J connectivity index is 2.31. The molecule has 0 unspecified atom stereocenters. The SMILES string of the molecule is CCc1cc(CC)c(OCc2c(CC)cccc2NC(=O)OC)cc1C. The van der Waals surface area contributed by atoms with Crippen LogP contribution in [-0.4, -0.2) is 13.2 Å². The Hall–Kier alpha value is -2.49. The summed E-state index contributed by atoms with van der Waals surface area (Å²) in [6.07, 6.45) is 2.33. The lowest BCUT2D eigenvalue weighted by molar-refractivity contribution is 0.187. The van der Waals surface area contributed by atoms with Gasteiger partial charge in [0.25, 0.3) is 0 Å². The molecule has 0 saturated heterocycles. The number of benzene rings is 2. The summed E-state index contributed by atoms with van der Waals surface area (Å²) in [4.78, 5) is 11.6. The summed E-state index contributed by atoms with van der Waals surface area (Å²) in [5.74, 6) is 0.914. The molecule has 0 bridgehead atoms. The number of methoxy groups -OCH3 is 1. The first kappa shape index (κ1) is 19.8. The van der Waals surface area contributed by atoms with Crippen molar-refractivity contribution in [1.82, 2.24) is 0 Å². The molecule has 2 aromatic carbocycles. The average Bonchev–Trinajstić information content (AvgIpc) is 2.66. The Labute approximate surface area is 156 Å². The molecule has 0 atom stereocenters. The topological polar surface area (TPSA) is 47.6 Å². The lowest BCUT2D eigenvalue weighted by Gasteiger charge is -2.18. The minimum atomic E-state index is -0.475. The van der Waals surface area contributed by atoms with Crippen molar-refractivity contribution in [3.63, 3.8) is 0 Å². The number of aryl methyl sites for hydroxylation is 4. The number of carbonyl (C=O) groups excluding carboxylic acids is 1. The molecular formula is C22H29NO3. The number of hydrogen-bond donors (Lipinski definition) is 1. The van der Waals surface area contributed by atoms with Gasteiger partial charge in [-0.05, 0) is 60.6 Å². The molecule has 0 aliphatic carbocycles. The van der Waals surface area contributed by atoms with Crippen LogP contribution in [0.1, 0.15) is 48.6 Å². The standard InChI is InChI=1S/C22H29NO3/c1-6-16-10-9-11-20(23-22(24)25-5)19(16)14-26-21-12-15(4)17(7-2)13-18(21)8-3/h9-13H,6-8,14H2,1-5H3,(H,23,24). The first-order valence-corrected chi connectivity index (χ1v) is 9.24. The Kier molecular flexibility index (Phi) is 7.07. The predicted octanol–water partition coefficient (Wildman–Crippen LogP) is 5.44. The van der Waals surface area contributed by atoms with E-state index in [1.54, 1.807) is 0 Å². The number of hydrogen-bond acceptors (Lipinski definition) is 3. The van der Waals surface area contributed by atoms with Crippen molar-refractivity contribution in [1.29, 1.82) is 0 Å². The van der Waals surface area contributed by atoms with Gasteiger partial charge in [-0.3, -0.25) is 5.32 Å². The van der Waals surface area contributed by atoms with E-state index in [0.717, 1.165) is 41.8 Å². The maximum atomic E-state index is 11.6. The van der Waals surface area contributed by atoms with E-state index in [0.29, 0.717) is 6.61 Å². The Morgan fingerprint density at radius 3 is 2.31 bits per heavy atom. The van der Waals surface area contributed by atoms with E-state index >= 15 is 0 Å². The van der Waals surface area contributed by atoms with Gasteiger partial charge in [0.1, 0.15) is 12.4 Å². The molecule has 1 N–H and O–H groups in total. The zero-order valence-corrected chi connectivity index (χ0v) is 16.4. The van der Waals surface area contributed by atoms with Crippen LogP contribution in [0.15, 0.2) is 30.3 Å². The van der Waals surface area contributed by atoms with Crippen molar-refractivity contribution in [2.75, 3.05) is 12.4 Å². The van der Waals surface area contributed by atoms with Crippen LogP contribution in [0.2, 0.25) is 0 Å². The van der Waals surface area contributed by atoms with Crippen LogP contribution in [0.5, 0.6) is 5.75 Å². The summed E-state index contributed by atoms with van der Waals surface area (Å²) in [6.45, 7) is 8.93. The smallest absolute Gasteiger partial charge is 0.411 e. The van der Waals surface area contributed by atoms with E-state index in [9.17, 15) is 4.79 Å². The number of rotatable bonds is 7. The molecular weight excluding hydrogens is 326 g/mol. The van der Waals surface area contributed by atoms with Gasteiger partial charge in [-0.15, -0.1) is 0 Å². The van der Waals surface area contributed by atoms with Crippen molar-refractivity contribution in [2.45, 2.75) is 53.6 Å². The highest BCUT2D eigenvalue weighted by molar-refractivity contribution is 5.85. The molecule has 2 rings (SSSR count). The molecule has 0 heterocycles. The van der Waals surface area contributed by atoms with E-state index in [1.807, 2.05) is 12.1 Å². The van der Waals surface area contributed by atoms with E-state index in [4.69, 9.17) is 9.47 Å². The maximum Gasteiger partial charge on any atom is 0.411 e. The molecule has 2 aromatic rings. The minimum Gasteiger partial charge on any atom is -0.489 e. The van der Waals surface area contributed by atoms with Crippen LogP contribution in [0, 0.1) is 6.92 Å². The van der Waals surface area contributed by atoms with Crippen molar-refractivity contribution in [3.8, 4) is 5.75 Å². The van der Waals surface area contributed by atoms with Crippen LogP contribution < -0.4 is 10.1 Å². The normalized spacial score (nSPS) is 10.5. The summed E-state index contributed by atoms with van der Waals surface area (Å²) in [5, 5.41) is 2.79. The number of anilines is 1. The average molecular weight is 355 g/mol. The summed E-state index contributed by atoms with van der Waals surface area (Å²) in [6, 6.07) is 10.2. The van der Waals surface area contributed by atoms with Crippen molar-refractivity contribution < 1.29 is 14.3 Å². The van der Waals surface area contributed by atoms with Crippen LogP contribution in [0.4, 0.5) is 10.5 Å². The fourth-order valence-electron chi connectivity index (χ4n) is 3.13. The summed E-state index contributed by atoms with van der Waals surface area (Å²) >= 11 is 0. The van der Waals surface area contributed by atoms with Gasteiger partial charge < -0.3 is 9.47 Å². The number of carbonyl (C=O) groups is 1. The molecule has 0 radical (unpaired) electrons. The Morgan fingerprint density at radius 1 is 1.00 bits per heavy atom. The molecule has 0 fully saturated rings. The van der Waals surface area contributed by atoms with Gasteiger partial charge in [0, 0.05) is 5.56 Å². The number of nitrogens with one attached hydrogen (secondary N) is 1. The van der Waals surface area contributed by atoms with E-state index in [-0.39, 0.29) is 0 Å². The first-order chi connectivity index (χ1) is 12.5. The summed E-state index contributed by atoms with van der Waals surface area (Å²) in [7, 11) is 1.36. The van der Waals surface area contributed by atoms with Gasteiger partial charge in [-0.2, -0.15) is 0 Å². The first-order valence-electron chi connectivity index (χ1n) is 9.24. The van der Waals surface area contributed by atoms with E-state index < -0.39 is 6.09 Å². The van der Waals surface area contributed by atoms with Gasteiger partial charge in [0.15, 0.2) is 0 Å². The van der Waals surface area contributed by atoms with Gasteiger partial charge in [0.05, 0.1) is 12.8 Å². The molecule has 0 aromatic heterocycles. The molecule has 0 aliphatic rings. The van der Waals surface area contributed by atoms with Crippen molar-refractivity contribution in [2.24, 2.45) is 0 Å². The van der Waals surface area contributed by atoms with Gasteiger partial charge >= 0.3 is 6.09 Å². The van der Waals surface area contributed by atoms with E-state index in [1.165, 1.54) is 23.8 Å². The number of amides is 1. The second kappa shape index (κ2) is 9.27. The molecule has 0 spiro atoms. The second-order valence-electron chi connectivity index (χ2n) is 6.30. The largest absolute Gasteiger partial charge is 0.489 e. The van der Waals surface area contributed by atoms with Gasteiger partial charge in [-0.25, -0.2) is 4.79 Å². The predicted molar refractivity (Wildman–Crippen MR) is 106 cm³/mol. The minimum absolute atomic E-state index is 0.404. The third kappa shape index (κ3) is 4.57.